The number of anilines is 1. The van der Waals surface area contributed by atoms with Crippen LogP contribution in [0.5, 0.6) is 0 Å². The molecule has 3 N–H and O–H groups in total. The molecule has 0 saturated carbocycles. The molecule has 0 amide bonds. The molecule has 2 aromatic heterocycles. The molecule has 5 heteroatoms. The average Bonchev–Trinajstić information content (AvgIpc) is 2.97. The van der Waals surface area contributed by atoms with Crippen LogP contribution in [0.4, 0.5) is 5.69 Å². The first-order chi connectivity index (χ1) is 10.3. The van der Waals surface area contributed by atoms with Gasteiger partial charge >= 0.3 is 0 Å². The van der Waals surface area contributed by atoms with Crippen molar-refractivity contribution in [2.24, 2.45) is 0 Å². The predicted molar refractivity (Wildman–Crippen MR) is 83.8 cm³/mol. The summed E-state index contributed by atoms with van der Waals surface area (Å²) in [5.41, 5.74) is 12.7. The summed E-state index contributed by atoms with van der Waals surface area (Å²) < 4.78 is 0. The van der Waals surface area contributed by atoms with Crippen molar-refractivity contribution in [2.45, 2.75) is 6.92 Å². The van der Waals surface area contributed by atoms with Gasteiger partial charge in [-0.3, -0.25) is 15.1 Å². The molecule has 0 fully saturated rings. The first-order valence-electron chi connectivity index (χ1n) is 6.68. The Balaban J connectivity index is 2.21. The summed E-state index contributed by atoms with van der Waals surface area (Å²) >= 11 is 0. The van der Waals surface area contributed by atoms with E-state index >= 15 is 0 Å². The number of aromatic nitrogens is 4. The second-order valence-corrected chi connectivity index (χ2v) is 5.04. The lowest BCUT2D eigenvalue weighted by molar-refractivity contribution is 1.12. The van der Waals surface area contributed by atoms with Gasteiger partial charge in [0.1, 0.15) is 0 Å². The number of benzene rings is 2. The maximum Gasteiger partial charge on any atom is 0.0986 e. The molecule has 0 saturated heterocycles. The molecule has 0 aliphatic carbocycles. The Labute approximate surface area is 120 Å². The van der Waals surface area contributed by atoms with Gasteiger partial charge in [-0.1, -0.05) is 6.07 Å². The largest absolute Gasteiger partial charge is 0.398 e. The molecule has 5 nitrogen and oxygen atoms in total. The number of H-pyrrole nitrogens is 1. The molecule has 4 rings (SSSR count). The van der Waals surface area contributed by atoms with Crippen molar-refractivity contribution in [3.63, 3.8) is 0 Å². The van der Waals surface area contributed by atoms with E-state index in [-0.39, 0.29) is 0 Å². The fourth-order valence-corrected chi connectivity index (χ4v) is 2.77. The fourth-order valence-electron chi connectivity index (χ4n) is 2.77. The Morgan fingerprint density at radius 1 is 1.00 bits per heavy atom. The molecule has 0 aliphatic heterocycles. The Morgan fingerprint density at radius 2 is 1.86 bits per heavy atom. The molecule has 0 atom stereocenters. The Kier molecular flexibility index (Phi) is 2.41. The Hall–Kier alpha value is -2.95. The highest BCUT2D eigenvalue weighted by atomic mass is 15.1. The summed E-state index contributed by atoms with van der Waals surface area (Å²) in [7, 11) is 0. The highest BCUT2D eigenvalue weighted by Crippen LogP contribution is 2.38. The van der Waals surface area contributed by atoms with Crippen LogP contribution < -0.4 is 5.73 Å². The number of nitrogens with one attached hydrogen (secondary N) is 1. The van der Waals surface area contributed by atoms with Gasteiger partial charge in [-0.15, -0.1) is 0 Å². The molecular weight excluding hydrogens is 262 g/mol. The van der Waals surface area contributed by atoms with Gasteiger partial charge in [-0.2, -0.15) is 5.10 Å². The number of aromatic amines is 1. The van der Waals surface area contributed by atoms with Crippen LogP contribution in [0.3, 0.4) is 0 Å². The molecule has 0 radical (unpaired) electrons. The van der Waals surface area contributed by atoms with E-state index in [1.807, 2.05) is 24.4 Å². The van der Waals surface area contributed by atoms with Crippen molar-refractivity contribution in [2.75, 3.05) is 5.73 Å². The van der Waals surface area contributed by atoms with E-state index in [9.17, 15) is 0 Å². The predicted octanol–water partition coefficient (Wildman–Crippen LogP) is 3.06. The Morgan fingerprint density at radius 3 is 2.76 bits per heavy atom. The molecule has 0 aliphatic rings. The summed E-state index contributed by atoms with van der Waals surface area (Å²) in [5, 5.41) is 8.18. The maximum atomic E-state index is 6.25. The van der Waals surface area contributed by atoms with Gasteiger partial charge in [-0.05, 0) is 36.2 Å². The van der Waals surface area contributed by atoms with E-state index in [1.165, 1.54) is 0 Å². The Bertz CT molecular complexity index is 971. The lowest BCUT2D eigenvalue weighted by Crippen LogP contribution is -1.96. The highest BCUT2D eigenvalue weighted by Gasteiger charge is 2.15. The third-order valence-corrected chi connectivity index (χ3v) is 3.76. The lowest BCUT2D eigenvalue weighted by atomic mass is 9.94. The van der Waals surface area contributed by atoms with E-state index in [1.54, 1.807) is 12.4 Å². The van der Waals surface area contributed by atoms with Gasteiger partial charge in [-0.25, -0.2) is 0 Å². The van der Waals surface area contributed by atoms with Crippen molar-refractivity contribution >= 4 is 27.6 Å². The van der Waals surface area contributed by atoms with Crippen LogP contribution in [0.25, 0.3) is 33.1 Å². The van der Waals surface area contributed by atoms with E-state index in [0.29, 0.717) is 5.69 Å². The van der Waals surface area contributed by atoms with E-state index in [2.05, 4.69) is 33.2 Å². The van der Waals surface area contributed by atoms with Crippen LogP contribution in [0.2, 0.25) is 0 Å². The van der Waals surface area contributed by atoms with Crippen molar-refractivity contribution in [1.29, 1.82) is 0 Å². The smallest absolute Gasteiger partial charge is 0.0986 e. The number of hydrogen-bond acceptors (Lipinski definition) is 4. The molecule has 102 valence electrons. The van der Waals surface area contributed by atoms with E-state index < -0.39 is 0 Å². The van der Waals surface area contributed by atoms with Gasteiger partial charge in [0.15, 0.2) is 0 Å². The summed E-state index contributed by atoms with van der Waals surface area (Å²) in [6.07, 6.45) is 5.20. The molecule has 0 unspecified atom stereocenters. The first kappa shape index (κ1) is 11.8. The summed E-state index contributed by atoms with van der Waals surface area (Å²) in [6.45, 7) is 2.07. The van der Waals surface area contributed by atoms with Gasteiger partial charge in [0, 0.05) is 29.0 Å². The second kappa shape index (κ2) is 4.28. The molecule has 2 aromatic carbocycles. The van der Waals surface area contributed by atoms with Gasteiger partial charge < -0.3 is 5.73 Å². The molecular formula is C16H13N5. The highest BCUT2D eigenvalue weighted by molar-refractivity contribution is 6.07. The van der Waals surface area contributed by atoms with Crippen LogP contribution in [0.1, 0.15) is 5.56 Å². The molecule has 0 bridgehead atoms. The molecule has 2 heterocycles. The fraction of sp³-hybridized carbons (Fsp3) is 0.0625. The van der Waals surface area contributed by atoms with Crippen molar-refractivity contribution < 1.29 is 0 Å². The second-order valence-electron chi connectivity index (χ2n) is 5.04. The summed E-state index contributed by atoms with van der Waals surface area (Å²) in [4.78, 5) is 8.84. The van der Waals surface area contributed by atoms with Crippen molar-refractivity contribution in [3.05, 3.63) is 48.4 Å². The minimum atomic E-state index is 0.694. The zero-order valence-corrected chi connectivity index (χ0v) is 11.5. The normalized spacial score (nSPS) is 11.3. The van der Waals surface area contributed by atoms with E-state index in [0.717, 1.165) is 38.6 Å². The molecule has 4 aromatic rings. The summed E-state index contributed by atoms with van der Waals surface area (Å²) in [6, 6.07) is 7.86. The zero-order chi connectivity index (χ0) is 14.4. The van der Waals surface area contributed by atoms with E-state index in [4.69, 9.17) is 5.73 Å². The van der Waals surface area contributed by atoms with Gasteiger partial charge in [0.2, 0.25) is 0 Å². The maximum absolute atomic E-state index is 6.25. The quantitative estimate of drug-likeness (QED) is 0.523. The standard InChI is InChI=1S/C16H13N5/c1-9-2-4-12-10(8-20-21-12)14(9)15-11(17)3-5-13-16(15)19-7-6-18-13/h2-8H,17H2,1H3,(H,20,21). The van der Waals surface area contributed by atoms with Gasteiger partial charge in [0.25, 0.3) is 0 Å². The minimum Gasteiger partial charge on any atom is -0.398 e. The lowest BCUT2D eigenvalue weighted by Gasteiger charge is -2.12. The molecule has 21 heavy (non-hydrogen) atoms. The minimum absolute atomic E-state index is 0.694. The third kappa shape index (κ3) is 1.67. The summed E-state index contributed by atoms with van der Waals surface area (Å²) in [5.74, 6) is 0. The van der Waals surface area contributed by atoms with Crippen molar-refractivity contribution in [1.82, 2.24) is 20.2 Å². The zero-order valence-electron chi connectivity index (χ0n) is 11.5. The van der Waals surface area contributed by atoms with Crippen molar-refractivity contribution in [3.8, 4) is 11.1 Å². The molecule has 0 spiro atoms. The van der Waals surface area contributed by atoms with Crippen LogP contribution in [0, 0.1) is 6.92 Å². The number of aryl methyl sites for hydroxylation is 1. The van der Waals surface area contributed by atoms with Gasteiger partial charge in [0.05, 0.1) is 22.7 Å². The number of fused-ring (bicyclic) bond motifs is 2. The van der Waals surface area contributed by atoms with Crippen LogP contribution in [-0.4, -0.2) is 20.2 Å². The number of nitrogen functional groups attached to an aromatic ring is 1. The average molecular weight is 275 g/mol. The number of nitrogens with two attached hydrogens (primary N) is 1. The van der Waals surface area contributed by atoms with Crippen LogP contribution in [-0.2, 0) is 0 Å². The third-order valence-electron chi connectivity index (χ3n) is 3.76. The van der Waals surface area contributed by atoms with Crippen LogP contribution >= 0.6 is 0 Å². The topological polar surface area (TPSA) is 80.5 Å². The van der Waals surface area contributed by atoms with Crippen LogP contribution in [0.15, 0.2) is 42.9 Å². The number of hydrogen-bond donors (Lipinski definition) is 2. The SMILES string of the molecule is Cc1ccc2[nH]ncc2c1-c1c(N)ccc2nccnc12. The first-order valence-corrected chi connectivity index (χ1v) is 6.68. The number of rotatable bonds is 1. The monoisotopic (exact) mass is 275 g/mol. The number of nitrogens with zero attached hydrogens (tertiary/aromatic N) is 3.